The van der Waals surface area contributed by atoms with Gasteiger partial charge in [0.25, 0.3) is 5.91 Å². The predicted octanol–water partition coefficient (Wildman–Crippen LogP) is 2.86. The molecule has 3 rings (SSSR count). The number of halogens is 1. The van der Waals surface area contributed by atoms with Crippen LogP contribution in [0.3, 0.4) is 0 Å². The lowest BCUT2D eigenvalue weighted by Gasteiger charge is -2.33. The average Bonchev–Trinajstić information content (AvgIpc) is 3.05. The van der Waals surface area contributed by atoms with Crippen molar-refractivity contribution in [3.05, 3.63) is 23.2 Å². The summed E-state index contributed by atoms with van der Waals surface area (Å²) in [6.07, 6.45) is 1.05. The molecule has 0 bridgehead atoms. The normalized spacial score (nSPS) is 16.6. The summed E-state index contributed by atoms with van der Waals surface area (Å²) in [4.78, 5) is 12.6. The smallest absolute Gasteiger partial charge is 0.269 e. The topological polar surface area (TPSA) is 101 Å². The Balaban J connectivity index is 1.78. The van der Waals surface area contributed by atoms with Crippen molar-refractivity contribution in [1.82, 2.24) is 10.2 Å². The number of nitrogens with zero attached hydrogens (tertiary/aromatic N) is 3. The molecule has 0 unspecified atom stereocenters. The van der Waals surface area contributed by atoms with Gasteiger partial charge < -0.3 is 4.74 Å². The number of sulfonamides is 1. The van der Waals surface area contributed by atoms with Crippen molar-refractivity contribution < 1.29 is 17.9 Å². The molecule has 0 fully saturated rings. The summed E-state index contributed by atoms with van der Waals surface area (Å²) in [5.74, 6) is 0.692. The molecule has 8 nitrogen and oxygen atoms in total. The third kappa shape index (κ3) is 4.84. The first-order valence-electron chi connectivity index (χ1n) is 7.99. The number of nitrogens with one attached hydrogen (secondary N) is 1. The lowest BCUT2D eigenvalue weighted by atomic mass is 10.2. The van der Waals surface area contributed by atoms with E-state index in [1.165, 1.54) is 17.4 Å². The molecular formula is C15H17ClN4O4S3. The van der Waals surface area contributed by atoms with Crippen LogP contribution in [-0.2, 0) is 14.8 Å². The van der Waals surface area contributed by atoms with E-state index in [9.17, 15) is 13.2 Å². The zero-order chi connectivity index (χ0) is 19.6. The summed E-state index contributed by atoms with van der Waals surface area (Å²) in [7, 11) is -3.62. The van der Waals surface area contributed by atoms with Gasteiger partial charge in [0.2, 0.25) is 15.2 Å². The van der Waals surface area contributed by atoms with E-state index in [4.69, 9.17) is 16.3 Å². The Morgan fingerprint density at radius 1 is 1.48 bits per heavy atom. The molecule has 1 N–H and O–H groups in total. The number of aromatic nitrogens is 2. The molecule has 0 aliphatic carbocycles. The number of fused-ring (bicyclic) bond motifs is 1. The average molecular weight is 449 g/mol. The van der Waals surface area contributed by atoms with Crippen LogP contribution in [0, 0.1) is 0 Å². The van der Waals surface area contributed by atoms with Crippen molar-refractivity contribution in [2.45, 2.75) is 23.8 Å². The SMILES string of the molecule is CCCSc1nnc(NC(=O)[C@H]2CN(S(C)(=O)=O)c3cc(Cl)ccc3O2)s1. The zero-order valence-electron chi connectivity index (χ0n) is 14.5. The van der Waals surface area contributed by atoms with Crippen LogP contribution >= 0.6 is 34.7 Å². The summed E-state index contributed by atoms with van der Waals surface area (Å²) in [6, 6.07) is 4.61. The monoisotopic (exact) mass is 448 g/mol. The molecule has 146 valence electrons. The molecule has 1 amide bonds. The van der Waals surface area contributed by atoms with Crippen LogP contribution in [0.1, 0.15) is 13.3 Å². The number of carbonyl (C=O) groups excluding carboxylic acids is 1. The van der Waals surface area contributed by atoms with Crippen molar-refractivity contribution in [2.75, 3.05) is 28.2 Å². The van der Waals surface area contributed by atoms with E-state index in [1.54, 1.807) is 23.9 Å². The third-order valence-electron chi connectivity index (χ3n) is 3.55. The van der Waals surface area contributed by atoms with Gasteiger partial charge in [0.15, 0.2) is 10.4 Å². The Bertz CT molecular complexity index is 950. The van der Waals surface area contributed by atoms with E-state index in [2.05, 4.69) is 22.4 Å². The van der Waals surface area contributed by atoms with Gasteiger partial charge in [0.05, 0.1) is 18.5 Å². The largest absolute Gasteiger partial charge is 0.476 e. The first-order chi connectivity index (χ1) is 12.8. The Kier molecular flexibility index (Phi) is 6.14. The highest BCUT2D eigenvalue weighted by molar-refractivity contribution is 8.01. The first-order valence-corrected chi connectivity index (χ1v) is 12.0. The van der Waals surface area contributed by atoms with E-state index in [0.29, 0.717) is 15.8 Å². The molecule has 1 aliphatic heterocycles. The number of hydrogen-bond donors (Lipinski definition) is 1. The maximum Gasteiger partial charge on any atom is 0.269 e. The van der Waals surface area contributed by atoms with Gasteiger partial charge in [0, 0.05) is 10.8 Å². The Morgan fingerprint density at radius 2 is 2.26 bits per heavy atom. The lowest BCUT2D eigenvalue weighted by molar-refractivity contribution is -0.122. The fourth-order valence-electron chi connectivity index (χ4n) is 2.37. The van der Waals surface area contributed by atoms with Gasteiger partial charge in [-0.15, -0.1) is 10.2 Å². The zero-order valence-corrected chi connectivity index (χ0v) is 17.7. The van der Waals surface area contributed by atoms with Gasteiger partial charge in [-0.2, -0.15) is 0 Å². The maximum absolute atomic E-state index is 12.6. The first kappa shape index (κ1) is 20.2. The molecular weight excluding hydrogens is 432 g/mol. The summed E-state index contributed by atoms with van der Waals surface area (Å²) in [5, 5.41) is 11.3. The fraction of sp³-hybridized carbons (Fsp3) is 0.400. The Labute approximate surface area is 170 Å². The Hall–Kier alpha value is -1.56. The summed E-state index contributed by atoms with van der Waals surface area (Å²) in [5.41, 5.74) is 0.309. The second-order valence-corrected chi connectivity index (χ2v) is 10.4. The third-order valence-corrected chi connectivity index (χ3v) is 7.11. The minimum atomic E-state index is -3.62. The summed E-state index contributed by atoms with van der Waals surface area (Å²) < 4.78 is 31.9. The predicted molar refractivity (Wildman–Crippen MR) is 108 cm³/mol. The number of amides is 1. The summed E-state index contributed by atoms with van der Waals surface area (Å²) >= 11 is 8.79. The van der Waals surface area contributed by atoms with Crippen molar-refractivity contribution in [1.29, 1.82) is 0 Å². The van der Waals surface area contributed by atoms with Crippen LogP contribution in [0.4, 0.5) is 10.8 Å². The van der Waals surface area contributed by atoms with E-state index in [-0.39, 0.29) is 12.3 Å². The molecule has 2 aromatic rings. The molecule has 27 heavy (non-hydrogen) atoms. The van der Waals surface area contributed by atoms with E-state index in [1.807, 2.05) is 0 Å². The molecule has 1 aromatic carbocycles. The second kappa shape index (κ2) is 8.21. The number of benzene rings is 1. The summed E-state index contributed by atoms with van der Waals surface area (Å²) in [6.45, 7) is 1.91. The van der Waals surface area contributed by atoms with E-state index >= 15 is 0 Å². The van der Waals surface area contributed by atoms with Crippen molar-refractivity contribution in [2.24, 2.45) is 0 Å². The van der Waals surface area contributed by atoms with Crippen LogP contribution in [-0.4, -0.2) is 49.2 Å². The molecule has 12 heteroatoms. The molecule has 0 radical (unpaired) electrons. The van der Waals surface area contributed by atoms with E-state index < -0.39 is 22.0 Å². The fourth-order valence-corrected chi connectivity index (χ4v) is 5.12. The van der Waals surface area contributed by atoms with Crippen LogP contribution in [0.25, 0.3) is 0 Å². The standard InChI is InChI=1S/C15H17ClN4O4S3/c1-3-6-25-15-19-18-14(26-15)17-13(21)12-8-20(27(2,22)23)10-7-9(16)4-5-11(10)24-12/h4-5,7,12H,3,6,8H2,1-2H3,(H,17,18,21)/t12-/m1/s1. The number of hydrogen-bond acceptors (Lipinski definition) is 8. The van der Waals surface area contributed by atoms with Gasteiger partial charge in [-0.1, -0.05) is 41.6 Å². The van der Waals surface area contributed by atoms with Gasteiger partial charge in [0.1, 0.15) is 5.75 Å². The number of thioether (sulfide) groups is 1. The molecule has 0 saturated heterocycles. The van der Waals surface area contributed by atoms with Gasteiger partial charge in [-0.25, -0.2) is 8.42 Å². The molecule has 2 heterocycles. The van der Waals surface area contributed by atoms with Crippen molar-refractivity contribution >= 4 is 61.4 Å². The number of carbonyl (C=O) groups is 1. The van der Waals surface area contributed by atoms with E-state index in [0.717, 1.165) is 27.1 Å². The van der Waals surface area contributed by atoms with Crippen LogP contribution in [0.15, 0.2) is 22.5 Å². The van der Waals surface area contributed by atoms with Crippen LogP contribution in [0.2, 0.25) is 5.02 Å². The minimum Gasteiger partial charge on any atom is -0.476 e. The molecule has 1 atom stereocenters. The number of rotatable bonds is 6. The van der Waals surface area contributed by atoms with Gasteiger partial charge in [-0.05, 0) is 24.6 Å². The van der Waals surface area contributed by atoms with Crippen LogP contribution < -0.4 is 14.4 Å². The van der Waals surface area contributed by atoms with Crippen LogP contribution in [0.5, 0.6) is 5.75 Å². The Morgan fingerprint density at radius 3 is 2.96 bits per heavy atom. The lowest BCUT2D eigenvalue weighted by Crippen LogP contribution is -2.48. The van der Waals surface area contributed by atoms with Gasteiger partial charge >= 0.3 is 0 Å². The molecule has 0 spiro atoms. The highest BCUT2D eigenvalue weighted by atomic mass is 35.5. The minimum absolute atomic E-state index is 0.158. The highest BCUT2D eigenvalue weighted by Crippen LogP contribution is 2.37. The number of ether oxygens (including phenoxy) is 1. The maximum atomic E-state index is 12.6. The molecule has 1 aliphatic rings. The second-order valence-electron chi connectivity index (χ2n) is 5.72. The molecule has 1 aromatic heterocycles. The number of anilines is 2. The quantitative estimate of drug-likeness (QED) is 0.535. The van der Waals surface area contributed by atoms with Gasteiger partial charge in [-0.3, -0.25) is 14.4 Å². The van der Waals surface area contributed by atoms with Crippen molar-refractivity contribution in [3.63, 3.8) is 0 Å². The molecule has 0 saturated carbocycles. The highest BCUT2D eigenvalue weighted by Gasteiger charge is 2.35. The van der Waals surface area contributed by atoms with Crippen molar-refractivity contribution in [3.8, 4) is 5.75 Å².